The molecule has 0 radical (unpaired) electrons. The van der Waals surface area contributed by atoms with E-state index in [9.17, 15) is 5.11 Å². The van der Waals surface area contributed by atoms with Gasteiger partial charge in [0.05, 0.1) is 0 Å². The molecule has 0 saturated carbocycles. The molecule has 0 unspecified atom stereocenters. The molecule has 0 aromatic heterocycles. The molecule has 27 heavy (non-hydrogen) atoms. The van der Waals surface area contributed by atoms with Crippen LogP contribution in [0.5, 0.6) is 0 Å². The molecule has 0 bridgehead atoms. The maximum atomic E-state index is 11.2. The molecule has 1 nitrogen and oxygen atoms in total. The summed E-state index contributed by atoms with van der Waals surface area (Å²) in [5.41, 5.74) is 0.752. The van der Waals surface area contributed by atoms with Crippen molar-refractivity contribution in [3.63, 3.8) is 0 Å². The second-order valence-corrected chi connectivity index (χ2v) is 21.9. The fourth-order valence-electron chi connectivity index (χ4n) is 4.47. The molecule has 1 aromatic carbocycles. The summed E-state index contributed by atoms with van der Waals surface area (Å²) in [7, 11) is 0. The minimum atomic E-state index is -2.58. The molecule has 0 atom stereocenters. The van der Waals surface area contributed by atoms with Gasteiger partial charge in [-0.2, -0.15) is 0 Å². The topological polar surface area (TPSA) is 20.2 Å². The standard InChI is InChI=1S/C13H17O.3C4H9.Sn/c1-13(2,14)11-7-6-10-12-8-4-3-5-9-12;3*1-3-4-2;/h3-5,7-9,14H,6,10H2,1-2H3;3*1,3-4H2,2H3;. The fraction of sp³-hybridized carbons (Fsp3) is 0.680. The first-order chi connectivity index (χ1) is 12.9. The van der Waals surface area contributed by atoms with Crippen LogP contribution < -0.4 is 0 Å². The van der Waals surface area contributed by atoms with Gasteiger partial charge < -0.3 is 0 Å². The van der Waals surface area contributed by atoms with Gasteiger partial charge in [0.1, 0.15) is 0 Å². The zero-order chi connectivity index (χ0) is 20.2. The molecule has 0 amide bonds. The third-order valence-electron chi connectivity index (χ3n) is 5.88. The van der Waals surface area contributed by atoms with E-state index in [1.165, 1.54) is 61.0 Å². The first-order valence-electron chi connectivity index (χ1n) is 11.4. The van der Waals surface area contributed by atoms with Crippen LogP contribution in [-0.2, 0) is 6.42 Å². The van der Waals surface area contributed by atoms with Crippen LogP contribution in [0.4, 0.5) is 0 Å². The second kappa shape index (κ2) is 13.0. The van der Waals surface area contributed by atoms with Gasteiger partial charge in [0.15, 0.2) is 0 Å². The van der Waals surface area contributed by atoms with E-state index in [0.717, 1.165) is 12.8 Å². The van der Waals surface area contributed by atoms with Gasteiger partial charge >= 0.3 is 174 Å². The Labute approximate surface area is 173 Å². The average molecular weight is 479 g/mol. The van der Waals surface area contributed by atoms with Gasteiger partial charge in [0, 0.05) is 0 Å². The molecule has 0 aliphatic carbocycles. The molecule has 0 fully saturated rings. The molecular formula is C25H44OSn. The summed E-state index contributed by atoms with van der Waals surface area (Å²) in [6.45, 7) is 11.1. The Morgan fingerprint density at radius 1 is 0.889 bits per heavy atom. The van der Waals surface area contributed by atoms with Crippen molar-refractivity contribution in [3.05, 3.63) is 45.6 Å². The third kappa shape index (κ3) is 8.73. The van der Waals surface area contributed by atoms with E-state index >= 15 is 0 Å². The van der Waals surface area contributed by atoms with Crippen LogP contribution in [0.3, 0.4) is 0 Å². The van der Waals surface area contributed by atoms with Crippen LogP contribution in [-0.4, -0.2) is 29.1 Å². The van der Waals surface area contributed by atoms with Crippen LogP contribution in [0, 0.1) is 0 Å². The van der Waals surface area contributed by atoms with Gasteiger partial charge in [-0.05, 0) is 0 Å². The first kappa shape index (κ1) is 24.8. The molecule has 154 valence electrons. The summed E-state index contributed by atoms with van der Waals surface area (Å²) >= 11 is -2.58. The van der Waals surface area contributed by atoms with E-state index in [2.05, 4.69) is 71.0 Å². The molecule has 0 saturated heterocycles. The molecule has 0 aliphatic rings. The molecule has 1 N–H and O–H groups in total. The van der Waals surface area contributed by atoms with E-state index < -0.39 is 24.0 Å². The van der Waals surface area contributed by atoms with Crippen molar-refractivity contribution in [2.75, 3.05) is 0 Å². The maximum absolute atomic E-state index is 11.2. The van der Waals surface area contributed by atoms with E-state index in [4.69, 9.17) is 0 Å². The number of aryl methyl sites for hydroxylation is 1. The Bertz CT molecular complexity index is 505. The number of allylic oxidation sites excluding steroid dienone is 1. The summed E-state index contributed by atoms with van der Waals surface area (Å²) in [4.78, 5) is 0. The van der Waals surface area contributed by atoms with Crippen molar-refractivity contribution in [1.29, 1.82) is 0 Å². The van der Waals surface area contributed by atoms with E-state index in [-0.39, 0.29) is 0 Å². The van der Waals surface area contributed by atoms with E-state index in [1.807, 2.05) is 0 Å². The molecular weight excluding hydrogens is 435 g/mol. The predicted octanol–water partition coefficient (Wildman–Crippen LogP) is 7.70. The SMILES string of the molecule is CCC[CH2][Sn]([CH2]CCC)([CH2]CCC)/[C](=C\CCc1ccccc1)C(C)(C)O. The Kier molecular flexibility index (Phi) is 12.0. The Morgan fingerprint density at radius 2 is 1.37 bits per heavy atom. The van der Waals surface area contributed by atoms with Gasteiger partial charge in [-0.25, -0.2) is 0 Å². The van der Waals surface area contributed by atoms with Crippen molar-refractivity contribution in [3.8, 4) is 0 Å². The van der Waals surface area contributed by atoms with Crippen molar-refractivity contribution in [1.82, 2.24) is 0 Å². The zero-order valence-electron chi connectivity index (χ0n) is 18.7. The molecule has 1 rings (SSSR count). The predicted molar refractivity (Wildman–Crippen MR) is 124 cm³/mol. The average Bonchev–Trinajstić information content (AvgIpc) is 2.65. The van der Waals surface area contributed by atoms with Crippen LogP contribution in [0.25, 0.3) is 0 Å². The van der Waals surface area contributed by atoms with Gasteiger partial charge in [-0.1, -0.05) is 0 Å². The molecule has 1 aromatic rings. The summed E-state index contributed by atoms with van der Waals surface area (Å²) in [5.74, 6) is 0. The number of unbranched alkanes of at least 4 members (excludes halogenated alkanes) is 3. The van der Waals surface area contributed by atoms with Crippen molar-refractivity contribution >= 4 is 18.4 Å². The van der Waals surface area contributed by atoms with Gasteiger partial charge in [0.25, 0.3) is 0 Å². The minimum absolute atomic E-state index is 0.651. The Hall–Kier alpha value is -0.281. The number of rotatable bonds is 14. The van der Waals surface area contributed by atoms with Crippen LogP contribution in [0.1, 0.15) is 85.1 Å². The zero-order valence-corrected chi connectivity index (χ0v) is 21.5. The number of hydrogen-bond acceptors (Lipinski definition) is 1. The third-order valence-corrected chi connectivity index (χ3v) is 22.7. The van der Waals surface area contributed by atoms with Crippen LogP contribution >= 0.6 is 0 Å². The fourth-order valence-corrected chi connectivity index (χ4v) is 23.1. The van der Waals surface area contributed by atoms with Crippen molar-refractivity contribution < 1.29 is 5.11 Å². The molecule has 0 heterocycles. The second-order valence-electron chi connectivity index (χ2n) is 8.79. The van der Waals surface area contributed by atoms with Gasteiger partial charge in [-0.3, -0.25) is 0 Å². The molecule has 0 aliphatic heterocycles. The Morgan fingerprint density at radius 3 is 1.78 bits per heavy atom. The molecule has 2 heteroatoms. The number of hydrogen-bond donors (Lipinski definition) is 1. The van der Waals surface area contributed by atoms with Gasteiger partial charge in [-0.15, -0.1) is 0 Å². The Balaban J connectivity index is 3.15. The van der Waals surface area contributed by atoms with E-state index in [1.54, 1.807) is 0 Å². The quantitative estimate of drug-likeness (QED) is 0.271. The summed E-state index contributed by atoms with van der Waals surface area (Å²) in [5, 5.41) is 11.2. The number of benzene rings is 1. The normalized spacial score (nSPS) is 13.2. The van der Waals surface area contributed by atoms with Crippen molar-refractivity contribution in [2.45, 2.75) is 105 Å². The first-order valence-corrected chi connectivity index (χ1v) is 18.8. The van der Waals surface area contributed by atoms with Crippen molar-refractivity contribution in [2.24, 2.45) is 0 Å². The summed E-state index contributed by atoms with van der Waals surface area (Å²) in [6.07, 6.45) is 12.5. The van der Waals surface area contributed by atoms with E-state index in [0.29, 0.717) is 0 Å². The number of aliphatic hydroxyl groups is 1. The molecule has 0 spiro atoms. The summed E-state index contributed by atoms with van der Waals surface area (Å²) < 4.78 is 5.79. The van der Waals surface area contributed by atoms with Crippen LogP contribution in [0.15, 0.2) is 40.0 Å². The summed E-state index contributed by atoms with van der Waals surface area (Å²) in [6, 6.07) is 10.8. The van der Waals surface area contributed by atoms with Crippen LogP contribution in [0.2, 0.25) is 13.3 Å². The monoisotopic (exact) mass is 480 g/mol. The van der Waals surface area contributed by atoms with Gasteiger partial charge in [0.2, 0.25) is 0 Å².